The first-order chi connectivity index (χ1) is 16.8. The lowest BCUT2D eigenvalue weighted by atomic mass is 9.97. The Bertz CT molecular complexity index is 812. The van der Waals surface area contributed by atoms with Crippen LogP contribution in [0.1, 0.15) is 133 Å². The van der Waals surface area contributed by atoms with Crippen LogP contribution < -0.4 is 0 Å². The maximum Gasteiger partial charge on any atom is 0.159 e. The summed E-state index contributed by atoms with van der Waals surface area (Å²) in [6.45, 7) is 4.58. The SMILES string of the molecule is CCCCCCCCCCCc1ccnc(-c2ccc3c(c2)CC(CCCCCCCC)C3)n1. The molecule has 3 rings (SSSR count). The van der Waals surface area contributed by atoms with E-state index in [0.29, 0.717) is 0 Å². The van der Waals surface area contributed by atoms with Crippen LogP contribution in [-0.2, 0) is 19.3 Å². The van der Waals surface area contributed by atoms with Gasteiger partial charge >= 0.3 is 0 Å². The fourth-order valence-corrected chi connectivity index (χ4v) is 5.56. The van der Waals surface area contributed by atoms with Gasteiger partial charge in [-0.05, 0) is 61.3 Å². The molecule has 0 aliphatic heterocycles. The molecule has 1 aliphatic rings. The largest absolute Gasteiger partial charge is 0.237 e. The first kappa shape index (κ1) is 26.9. The van der Waals surface area contributed by atoms with Crippen molar-refractivity contribution in [2.75, 3.05) is 0 Å². The van der Waals surface area contributed by atoms with E-state index >= 15 is 0 Å². The van der Waals surface area contributed by atoms with Gasteiger partial charge in [0.25, 0.3) is 0 Å². The average Bonchev–Trinajstić information content (AvgIpc) is 3.27. The van der Waals surface area contributed by atoms with Crippen molar-refractivity contribution >= 4 is 0 Å². The van der Waals surface area contributed by atoms with Crippen LogP contribution in [0, 0.1) is 5.92 Å². The lowest BCUT2D eigenvalue weighted by molar-refractivity contribution is 0.469. The van der Waals surface area contributed by atoms with E-state index in [4.69, 9.17) is 4.98 Å². The van der Waals surface area contributed by atoms with Crippen molar-refractivity contribution in [3.63, 3.8) is 0 Å². The molecular weight excluding hydrogens is 412 g/mol. The number of fused-ring (bicyclic) bond motifs is 1. The van der Waals surface area contributed by atoms with Crippen LogP contribution in [0.2, 0.25) is 0 Å². The molecular formula is C32H50N2. The zero-order chi connectivity index (χ0) is 23.8. The molecule has 0 spiro atoms. The monoisotopic (exact) mass is 462 g/mol. The molecule has 0 bridgehead atoms. The summed E-state index contributed by atoms with van der Waals surface area (Å²) >= 11 is 0. The van der Waals surface area contributed by atoms with E-state index in [9.17, 15) is 0 Å². The lowest BCUT2D eigenvalue weighted by Gasteiger charge is -2.08. The number of hydrogen-bond donors (Lipinski definition) is 0. The fourth-order valence-electron chi connectivity index (χ4n) is 5.56. The minimum atomic E-state index is 0.843. The number of rotatable bonds is 18. The van der Waals surface area contributed by atoms with Crippen LogP contribution in [-0.4, -0.2) is 9.97 Å². The third-order valence-electron chi connectivity index (χ3n) is 7.70. The zero-order valence-electron chi connectivity index (χ0n) is 22.3. The van der Waals surface area contributed by atoms with E-state index in [1.165, 1.54) is 127 Å². The third-order valence-corrected chi connectivity index (χ3v) is 7.70. The van der Waals surface area contributed by atoms with Gasteiger partial charge in [-0.3, -0.25) is 0 Å². The predicted molar refractivity (Wildman–Crippen MR) is 147 cm³/mol. The summed E-state index contributed by atoms with van der Waals surface area (Å²) < 4.78 is 0. The molecule has 0 fully saturated rings. The maximum absolute atomic E-state index is 4.93. The highest BCUT2D eigenvalue weighted by Gasteiger charge is 2.21. The Labute approximate surface area is 210 Å². The zero-order valence-corrected chi connectivity index (χ0v) is 22.3. The molecule has 34 heavy (non-hydrogen) atoms. The standard InChI is InChI=1S/C32H50N2/c1-3-5-7-9-11-12-13-15-17-19-31-22-23-33-32(34-31)29-21-20-28-24-27(25-30(28)26-29)18-16-14-10-8-6-4-2/h20-23,26-27H,3-19,24-25H2,1-2H3. The van der Waals surface area contributed by atoms with Crippen molar-refractivity contribution in [3.05, 3.63) is 47.3 Å². The lowest BCUT2D eigenvalue weighted by Crippen LogP contribution is -1.99. The van der Waals surface area contributed by atoms with Gasteiger partial charge in [0.2, 0.25) is 0 Å². The Morgan fingerprint density at radius 2 is 1.29 bits per heavy atom. The Balaban J connectivity index is 1.39. The minimum Gasteiger partial charge on any atom is -0.237 e. The number of aryl methyl sites for hydroxylation is 1. The van der Waals surface area contributed by atoms with Gasteiger partial charge in [-0.1, -0.05) is 116 Å². The van der Waals surface area contributed by atoms with Crippen molar-refractivity contribution in [1.29, 1.82) is 0 Å². The van der Waals surface area contributed by atoms with Crippen molar-refractivity contribution in [1.82, 2.24) is 9.97 Å². The number of aromatic nitrogens is 2. The summed E-state index contributed by atoms with van der Waals surface area (Å²) in [5.41, 5.74) is 5.51. The van der Waals surface area contributed by atoms with Crippen LogP contribution >= 0.6 is 0 Å². The minimum absolute atomic E-state index is 0.843. The molecule has 2 nitrogen and oxygen atoms in total. The summed E-state index contributed by atoms with van der Waals surface area (Å²) in [6.07, 6.45) is 27.7. The Kier molecular flexibility index (Phi) is 12.7. The summed E-state index contributed by atoms with van der Waals surface area (Å²) in [5.74, 6) is 1.76. The molecule has 0 saturated carbocycles. The highest BCUT2D eigenvalue weighted by molar-refractivity contribution is 5.58. The van der Waals surface area contributed by atoms with Gasteiger partial charge in [0.15, 0.2) is 5.82 Å². The van der Waals surface area contributed by atoms with E-state index in [-0.39, 0.29) is 0 Å². The molecule has 0 saturated heterocycles. The molecule has 1 aromatic carbocycles. The molecule has 1 aliphatic carbocycles. The Morgan fingerprint density at radius 1 is 0.676 bits per heavy atom. The van der Waals surface area contributed by atoms with Gasteiger partial charge in [-0.2, -0.15) is 0 Å². The topological polar surface area (TPSA) is 25.8 Å². The maximum atomic E-state index is 4.93. The second-order valence-corrected chi connectivity index (χ2v) is 10.8. The summed E-state index contributed by atoms with van der Waals surface area (Å²) in [5, 5.41) is 0. The molecule has 1 heterocycles. The van der Waals surface area contributed by atoms with Gasteiger partial charge in [0.05, 0.1) is 0 Å². The number of benzene rings is 1. The van der Waals surface area contributed by atoms with Crippen molar-refractivity contribution in [2.24, 2.45) is 5.92 Å². The van der Waals surface area contributed by atoms with Crippen LogP contribution in [0.4, 0.5) is 0 Å². The molecule has 2 aromatic rings. The van der Waals surface area contributed by atoms with Gasteiger partial charge in [0, 0.05) is 17.5 Å². The van der Waals surface area contributed by atoms with Gasteiger partial charge in [0.1, 0.15) is 0 Å². The molecule has 0 radical (unpaired) electrons. The van der Waals surface area contributed by atoms with Gasteiger partial charge < -0.3 is 0 Å². The summed E-state index contributed by atoms with van der Waals surface area (Å²) in [4.78, 5) is 9.55. The molecule has 2 heteroatoms. The van der Waals surface area contributed by atoms with Gasteiger partial charge in [-0.15, -0.1) is 0 Å². The summed E-state index contributed by atoms with van der Waals surface area (Å²) in [6, 6.07) is 9.10. The van der Waals surface area contributed by atoms with Crippen LogP contribution in [0.15, 0.2) is 30.5 Å². The number of hydrogen-bond acceptors (Lipinski definition) is 2. The smallest absolute Gasteiger partial charge is 0.159 e. The average molecular weight is 463 g/mol. The van der Waals surface area contributed by atoms with Crippen molar-refractivity contribution in [3.8, 4) is 11.4 Å². The van der Waals surface area contributed by atoms with Crippen LogP contribution in [0.5, 0.6) is 0 Å². The molecule has 0 N–H and O–H groups in total. The molecule has 1 aromatic heterocycles. The molecule has 188 valence electrons. The number of nitrogens with zero attached hydrogens (tertiary/aromatic N) is 2. The van der Waals surface area contributed by atoms with E-state index in [1.54, 1.807) is 11.1 Å². The van der Waals surface area contributed by atoms with Gasteiger partial charge in [-0.25, -0.2) is 9.97 Å². The van der Waals surface area contributed by atoms with Crippen molar-refractivity contribution in [2.45, 2.75) is 136 Å². The van der Waals surface area contributed by atoms with E-state index in [0.717, 1.165) is 18.2 Å². The summed E-state index contributed by atoms with van der Waals surface area (Å²) in [7, 11) is 0. The Morgan fingerprint density at radius 3 is 2.00 bits per heavy atom. The van der Waals surface area contributed by atoms with E-state index in [1.807, 2.05) is 6.20 Å². The Hall–Kier alpha value is -1.70. The quantitative estimate of drug-likeness (QED) is 0.206. The molecule has 1 atom stereocenters. The first-order valence-corrected chi connectivity index (χ1v) is 14.7. The third kappa shape index (κ3) is 9.51. The fraction of sp³-hybridized carbons (Fsp3) is 0.688. The van der Waals surface area contributed by atoms with Crippen LogP contribution in [0.3, 0.4) is 0 Å². The first-order valence-electron chi connectivity index (χ1n) is 14.7. The van der Waals surface area contributed by atoms with Crippen molar-refractivity contribution < 1.29 is 0 Å². The van der Waals surface area contributed by atoms with Crippen LogP contribution in [0.25, 0.3) is 11.4 Å². The highest BCUT2D eigenvalue weighted by Crippen LogP contribution is 2.32. The van der Waals surface area contributed by atoms with E-state index < -0.39 is 0 Å². The van der Waals surface area contributed by atoms with E-state index in [2.05, 4.69) is 43.1 Å². The predicted octanol–water partition coefficient (Wildman–Crippen LogP) is 9.68. The molecule has 1 unspecified atom stereocenters. The number of unbranched alkanes of at least 4 members (excludes halogenated alkanes) is 13. The normalized spacial score (nSPS) is 15.1. The second-order valence-electron chi connectivity index (χ2n) is 10.8. The highest BCUT2D eigenvalue weighted by atomic mass is 14.9. The second kappa shape index (κ2) is 16.1. The molecule has 0 amide bonds.